The minimum Gasteiger partial charge on any atom is -0.333 e. The number of fused-ring (bicyclic) bond motifs is 1. The van der Waals surface area contributed by atoms with Crippen LogP contribution >= 0.6 is 0 Å². The fourth-order valence-corrected chi connectivity index (χ4v) is 5.04. The summed E-state index contributed by atoms with van der Waals surface area (Å²) in [6, 6.07) is 9.95. The molecule has 0 atom stereocenters. The average Bonchev–Trinajstić information content (AvgIpc) is 2.81. The zero-order valence-corrected chi connectivity index (χ0v) is 20.7. The molecule has 1 aromatic heterocycles. The van der Waals surface area contributed by atoms with E-state index in [1.54, 1.807) is 4.57 Å². The maximum Gasteiger partial charge on any atom is 0.255 e. The molecule has 0 unspecified atom stereocenters. The fourth-order valence-electron chi connectivity index (χ4n) is 5.04. The average molecular weight is 440 g/mol. The van der Waals surface area contributed by atoms with Crippen molar-refractivity contribution >= 4 is 16.8 Å². The molecule has 1 aromatic carbocycles. The summed E-state index contributed by atoms with van der Waals surface area (Å²) >= 11 is 0. The minimum absolute atomic E-state index is 0.00955. The lowest BCUT2D eigenvalue weighted by Crippen LogP contribution is -2.52. The van der Waals surface area contributed by atoms with Crippen LogP contribution in [0.25, 0.3) is 10.9 Å². The summed E-state index contributed by atoms with van der Waals surface area (Å²) in [6.07, 6.45) is 6.31. The van der Waals surface area contributed by atoms with E-state index in [0.29, 0.717) is 12.1 Å². The van der Waals surface area contributed by atoms with Gasteiger partial charge in [0.1, 0.15) is 0 Å². The molecule has 0 N–H and O–H groups in total. The van der Waals surface area contributed by atoms with Crippen molar-refractivity contribution < 1.29 is 4.79 Å². The molecule has 1 aliphatic carbocycles. The van der Waals surface area contributed by atoms with Crippen molar-refractivity contribution in [3.63, 3.8) is 0 Å². The predicted octanol–water partition coefficient (Wildman–Crippen LogP) is 4.96. The lowest BCUT2D eigenvalue weighted by atomic mass is 9.86. The lowest BCUT2D eigenvalue weighted by Gasteiger charge is -2.42. The molecule has 1 heterocycles. The van der Waals surface area contributed by atoms with Crippen molar-refractivity contribution in [1.82, 2.24) is 14.4 Å². The Hall–Kier alpha value is -2.14. The van der Waals surface area contributed by atoms with E-state index < -0.39 is 0 Å². The van der Waals surface area contributed by atoms with E-state index in [1.165, 1.54) is 6.42 Å². The normalized spacial score (nSPS) is 15.4. The number of hydrogen-bond acceptors (Lipinski definition) is 3. The summed E-state index contributed by atoms with van der Waals surface area (Å²) in [7, 11) is 1.83. The number of rotatable bonds is 9. The zero-order valence-electron chi connectivity index (χ0n) is 20.7. The van der Waals surface area contributed by atoms with E-state index >= 15 is 0 Å². The van der Waals surface area contributed by atoms with Gasteiger partial charge in [-0.1, -0.05) is 51.3 Å². The van der Waals surface area contributed by atoms with Gasteiger partial charge in [-0.3, -0.25) is 9.59 Å². The monoisotopic (exact) mass is 439 g/mol. The maximum absolute atomic E-state index is 13.8. The Labute approximate surface area is 193 Å². The molecule has 0 spiro atoms. The molecule has 0 bridgehead atoms. The molecule has 1 fully saturated rings. The molecule has 1 aliphatic rings. The van der Waals surface area contributed by atoms with Crippen molar-refractivity contribution in [3.8, 4) is 0 Å². The highest BCUT2D eigenvalue weighted by molar-refractivity contribution is 5.81. The number of aryl methyl sites for hydroxylation is 1. The third-order valence-corrected chi connectivity index (χ3v) is 7.42. The van der Waals surface area contributed by atoms with Gasteiger partial charge in [0, 0.05) is 30.6 Å². The van der Waals surface area contributed by atoms with E-state index in [0.717, 1.165) is 62.6 Å². The second-order valence-electron chi connectivity index (χ2n) is 9.94. The number of aromatic nitrogens is 1. The molecule has 5 nitrogen and oxygen atoms in total. The molecule has 1 amide bonds. The van der Waals surface area contributed by atoms with Gasteiger partial charge in [0.25, 0.3) is 5.56 Å². The summed E-state index contributed by atoms with van der Waals surface area (Å²) in [5.41, 5.74) is 1.29. The summed E-state index contributed by atoms with van der Waals surface area (Å²) in [5.74, 6) is 0.310. The quantitative estimate of drug-likeness (QED) is 0.555. The van der Waals surface area contributed by atoms with Gasteiger partial charge in [-0.15, -0.1) is 0 Å². The molecular weight excluding hydrogens is 398 g/mol. The van der Waals surface area contributed by atoms with Gasteiger partial charge < -0.3 is 14.4 Å². The molecule has 32 heavy (non-hydrogen) atoms. The van der Waals surface area contributed by atoms with Gasteiger partial charge in [-0.05, 0) is 63.7 Å². The van der Waals surface area contributed by atoms with Crippen molar-refractivity contribution in [1.29, 1.82) is 0 Å². The number of carbonyl (C=O) groups excluding carboxylic acids is 1. The van der Waals surface area contributed by atoms with Crippen LogP contribution in [-0.4, -0.2) is 45.4 Å². The highest BCUT2D eigenvalue weighted by atomic mass is 16.2. The molecular formula is C27H41N3O2. The Morgan fingerprint density at radius 2 is 1.75 bits per heavy atom. The molecule has 5 heteroatoms. The van der Waals surface area contributed by atoms with E-state index in [9.17, 15) is 9.59 Å². The molecule has 0 aliphatic heterocycles. The number of para-hydroxylation sites is 1. The van der Waals surface area contributed by atoms with Crippen LogP contribution in [0, 0.1) is 5.92 Å². The summed E-state index contributed by atoms with van der Waals surface area (Å²) in [6.45, 7) is 12.0. The summed E-state index contributed by atoms with van der Waals surface area (Å²) in [5, 5.41) is 1.04. The number of amides is 1. The third kappa shape index (κ3) is 5.43. The Balaban J connectivity index is 1.95. The second kappa shape index (κ2) is 10.7. The molecule has 1 saturated carbocycles. The molecule has 2 aromatic rings. The van der Waals surface area contributed by atoms with Crippen LogP contribution in [0.5, 0.6) is 0 Å². The van der Waals surface area contributed by atoms with Crippen LogP contribution in [0.4, 0.5) is 0 Å². The Kier molecular flexibility index (Phi) is 8.16. The zero-order chi connectivity index (χ0) is 23.3. The van der Waals surface area contributed by atoms with Crippen LogP contribution in [0.3, 0.4) is 0 Å². The van der Waals surface area contributed by atoms with Crippen molar-refractivity contribution in [2.24, 2.45) is 13.0 Å². The van der Waals surface area contributed by atoms with Gasteiger partial charge >= 0.3 is 0 Å². The molecule has 176 valence electrons. The van der Waals surface area contributed by atoms with Crippen molar-refractivity contribution in [3.05, 3.63) is 46.2 Å². The second-order valence-corrected chi connectivity index (χ2v) is 9.94. The third-order valence-electron chi connectivity index (χ3n) is 7.42. The standard InChI is InChI=1S/C27H41N3O2/c1-6-29(7-2)18-17-27(3,4)30(26(32)21-13-9-8-10-14-21)20-23-19-22-15-11-12-16-24(22)28(5)25(23)31/h11-12,15-16,19,21H,6-10,13-14,17-18,20H2,1-5H3. The summed E-state index contributed by atoms with van der Waals surface area (Å²) in [4.78, 5) is 31.4. The van der Waals surface area contributed by atoms with Crippen LogP contribution in [-0.2, 0) is 18.4 Å². The van der Waals surface area contributed by atoms with E-state index in [1.807, 2.05) is 42.3 Å². The Morgan fingerprint density at radius 1 is 1.09 bits per heavy atom. The highest BCUT2D eigenvalue weighted by Crippen LogP contribution is 2.31. The number of pyridine rings is 1. The first-order chi connectivity index (χ1) is 15.3. The SMILES string of the molecule is CCN(CC)CCC(C)(C)N(Cc1cc2ccccc2n(C)c1=O)C(=O)C1CCCCC1. The predicted molar refractivity (Wildman–Crippen MR) is 133 cm³/mol. The Morgan fingerprint density at radius 3 is 2.41 bits per heavy atom. The van der Waals surface area contributed by atoms with Crippen LogP contribution in [0.1, 0.15) is 71.8 Å². The van der Waals surface area contributed by atoms with Crippen LogP contribution in [0.15, 0.2) is 35.1 Å². The van der Waals surface area contributed by atoms with E-state index in [4.69, 9.17) is 0 Å². The fraction of sp³-hybridized carbons (Fsp3) is 0.630. The molecule has 0 radical (unpaired) electrons. The highest BCUT2D eigenvalue weighted by Gasteiger charge is 2.36. The maximum atomic E-state index is 13.8. The first-order valence-corrected chi connectivity index (χ1v) is 12.4. The Bertz CT molecular complexity index is 969. The van der Waals surface area contributed by atoms with Crippen molar-refractivity contribution in [2.75, 3.05) is 19.6 Å². The van der Waals surface area contributed by atoms with E-state index in [2.05, 4.69) is 32.6 Å². The smallest absolute Gasteiger partial charge is 0.255 e. The van der Waals surface area contributed by atoms with Gasteiger partial charge in [0.15, 0.2) is 0 Å². The van der Waals surface area contributed by atoms with Gasteiger partial charge in [-0.2, -0.15) is 0 Å². The molecule has 0 saturated heterocycles. The largest absolute Gasteiger partial charge is 0.333 e. The number of benzene rings is 1. The number of hydrogen-bond donors (Lipinski definition) is 0. The first-order valence-electron chi connectivity index (χ1n) is 12.4. The first kappa shape index (κ1) is 24.5. The van der Waals surface area contributed by atoms with E-state index in [-0.39, 0.29) is 22.9 Å². The van der Waals surface area contributed by atoms with Crippen LogP contribution < -0.4 is 5.56 Å². The van der Waals surface area contributed by atoms with Gasteiger partial charge in [0.2, 0.25) is 5.91 Å². The van der Waals surface area contributed by atoms with Crippen LogP contribution in [0.2, 0.25) is 0 Å². The van der Waals surface area contributed by atoms with Gasteiger partial charge in [0.05, 0.1) is 12.1 Å². The van der Waals surface area contributed by atoms with Crippen molar-refractivity contribution in [2.45, 2.75) is 78.3 Å². The number of carbonyl (C=O) groups is 1. The lowest BCUT2D eigenvalue weighted by molar-refractivity contribution is -0.143. The topological polar surface area (TPSA) is 45.5 Å². The molecule has 3 rings (SSSR count). The minimum atomic E-state index is -0.326. The number of nitrogens with zero attached hydrogens (tertiary/aromatic N) is 3. The van der Waals surface area contributed by atoms with Gasteiger partial charge in [-0.25, -0.2) is 0 Å². The summed E-state index contributed by atoms with van der Waals surface area (Å²) < 4.78 is 1.72.